The van der Waals surface area contributed by atoms with E-state index in [4.69, 9.17) is 19.2 Å². The maximum atomic E-state index is 11.0. The monoisotopic (exact) mass is 477 g/mol. The smallest absolute Gasteiger partial charge is 0.321 e. The summed E-state index contributed by atoms with van der Waals surface area (Å²) in [7, 11) is 4.74. The molecule has 0 bridgehead atoms. The van der Waals surface area contributed by atoms with Crippen molar-refractivity contribution in [3.05, 3.63) is 65.1 Å². The fourth-order valence-corrected chi connectivity index (χ4v) is 4.82. The molecule has 0 aliphatic rings. The summed E-state index contributed by atoms with van der Waals surface area (Å²) in [5, 5.41) is 11.8. The predicted molar refractivity (Wildman–Crippen MR) is 128 cm³/mol. The molecule has 172 valence electrons. The Morgan fingerprint density at radius 3 is 2.44 bits per heavy atom. The van der Waals surface area contributed by atoms with Crippen molar-refractivity contribution >= 4 is 27.4 Å². The third kappa shape index (κ3) is 3.52. The lowest BCUT2D eigenvalue weighted by Gasteiger charge is -2.11. The van der Waals surface area contributed by atoms with Crippen molar-refractivity contribution in [2.75, 3.05) is 21.3 Å². The highest BCUT2D eigenvalue weighted by Gasteiger charge is 2.20. The second-order valence-corrected chi connectivity index (χ2v) is 8.22. The van der Waals surface area contributed by atoms with E-state index in [1.54, 1.807) is 39.9 Å². The van der Waals surface area contributed by atoms with Crippen LogP contribution in [0, 0.1) is 10.1 Å². The second kappa shape index (κ2) is 8.52. The molecule has 5 rings (SSSR count). The summed E-state index contributed by atoms with van der Waals surface area (Å²) in [6, 6.07) is 12.8. The van der Waals surface area contributed by atoms with Gasteiger partial charge in [0.2, 0.25) is 5.75 Å². The Bertz CT molecular complexity index is 1500. The van der Waals surface area contributed by atoms with E-state index in [1.165, 1.54) is 17.4 Å². The zero-order valence-electron chi connectivity index (χ0n) is 18.4. The minimum atomic E-state index is -0.461. The van der Waals surface area contributed by atoms with Gasteiger partial charge in [-0.1, -0.05) is 0 Å². The lowest BCUT2D eigenvalue weighted by Crippen LogP contribution is -1.95. The second-order valence-electron chi connectivity index (χ2n) is 7.22. The van der Waals surface area contributed by atoms with Gasteiger partial charge in [-0.15, -0.1) is 11.3 Å². The van der Waals surface area contributed by atoms with Crippen LogP contribution in [0.3, 0.4) is 0 Å². The number of nitrogens with one attached hydrogen (secondary N) is 1. The number of H-pyrrole nitrogens is 1. The number of fused-ring (bicyclic) bond motifs is 1. The molecule has 0 saturated carbocycles. The van der Waals surface area contributed by atoms with Gasteiger partial charge in [0.05, 0.1) is 39.4 Å². The number of ether oxygens (including phenoxy) is 3. The summed E-state index contributed by atoms with van der Waals surface area (Å²) in [5.74, 6) is 1.59. The van der Waals surface area contributed by atoms with Gasteiger partial charge in [0.1, 0.15) is 15.4 Å². The molecule has 1 N–H and O–H groups in total. The minimum Gasteiger partial charge on any atom is -0.493 e. The molecule has 2 aromatic carbocycles. The fourth-order valence-electron chi connectivity index (χ4n) is 3.76. The molecule has 3 heterocycles. The van der Waals surface area contributed by atoms with E-state index in [0.717, 1.165) is 26.5 Å². The molecule has 0 aliphatic carbocycles. The first-order chi connectivity index (χ1) is 16.5. The standard InChI is InChI=1S/C23H19N5O5S/c1-31-18-10-16-22(21(33-3)20(18)32-2)34-23(26-16)13-4-6-14(7-5-13)27-12-24-11-17(27)15-8-9-19(25-15)28(29)30/h4-12,25H,1-3H3. The molecule has 0 amide bonds. The Balaban J connectivity index is 1.51. The summed E-state index contributed by atoms with van der Waals surface area (Å²) in [5.41, 5.74) is 3.86. The molecule has 5 aromatic rings. The van der Waals surface area contributed by atoms with E-state index in [2.05, 4.69) is 9.97 Å². The Morgan fingerprint density at radius 1 is 1.03 bits per heavy atom. The van der Waals surface area contributed by atoms with Gasteiger partial charge in [-0.2, -0.15) is 0 Å². The van der Waals surface area contributed by atoms with Crippen LogP contribution in [-0.4, -0.2) is 45.8 Å². The first-order valence-electron chi connectivity index (χ1n) is 10.1. The van der Waals surface area contributed by atoms with Crippen LogP contribution in [0.2, 0.25) is 0 Å². The van der Waals surface area contributed by atoms with Gasteiger partial charge in [0.15, 0.2) is 17.2 Å². The zero-order chi connectivity index (χ0) is 23.8. The largest absolute Gasteiger partial charge is 0.493 e. The molecule has 3 aromatic heterocycles. The summed E-state index contributed by atoms with van der Waals surface area (Å²) in [4.78, 5) is 22.3. The van der Waals surface area contributed by atoms with Crippen LogP contribution in [0.4, 0.5) is 5.82 Å². The SMILES string of the molecule is COc1cc2nc(-c3ccc(-n4cncc4-c4ccc([N+](=O)[O-])[nH]4)cc3)sc2c(OC)c1OC. The molecular weight excluding hydrogens is 458 g/mol. The molecule has 0 unspecified atom stereocenters. The van der Waals surface area contributed by atoms with Crippen LogP contribution < -0.4 is 14.2 Å². The number of aromatic amines is 1. The molecule has 11 heteroatoms. The predicted octanol–water partition coefficient (Wildman–Crippen LogP) is 5.08. The number of rotatable bonds is 7. The molecule has 10 nitrogen and oxygen atoms in total. The van der Waals surface area contributed by atoms with Gasteiger partial charge in [-0.3, -0.25) is 4.57 Å². The van der Waals surface area contributed by atoms with E-state index >= 15 is 0 Å². The van der Waals surface area contributed by atoms with E-state index in [1.807, 2.05) is 34.9 Å². The van der Waals surface area contributed by atoms with Crippen molar-refractivity contribution < 1.29 is 19.1 Å². The van der Waals surface area contributed by atoms with Gasteiger partial charge < -0.3 is 24.3 Å². The first-order valence-corrected chi connectivity index (χ1v) is 10.9. The highest BCUT2D eigenvalue weighted by Crippen LogP contribution is 2.46. The van der Waals surface area contributed by atoms with Crippen molar-refractivity contribution in [1.29, 1.82) is 0 Å². The topological polar surface area (TPSA) is 117 Å². The maximum absolute atomic E-state index is 11.0. The van der Waals surface area contributed by atoms with Crippen molar-refractivity contribution in [2.45, 2.75) is 0 Å². The van der Waals surface area contributed by atoms with Crippen molar-refractivity contribution in [2.24, 2.45) is 0 Å². The lowest BCUT2D eigenvalue weighted by molar-refractivity contribution is -0.389. The average molecular weight is 478 g/mol. The summed E-state index contributed by atoms with van der Waals surface area (Å²) < 4.78 is 19.2. The zero-order valence-corrected chi connectivity index (χ0v) is 19.3. The fraction of sp³-hybridized carbons (Fsp3) is 0.130. The number of methoxy groups -OCH3 is 3. The Hall–Kier alpha value is -4.38. The van der Waals surface area contributed by atoms with Crippen LogP contribution in [0.25, 0.3) is 37.9 Å². The third-order valence-corrected chi connectivity index (χ3v) is 6.48. The number of hydrogen-bond acceptors (Lipinski definition) is 8. The van der Waals surface area contributed by atoms with Crippen LogP contribution in [0.15, 0.2) is 55.0 Å². The Labute approximate surface area is 197 Å². The Morgan fingerprint density at radius 2 is 1.79 bits per heavy atom. The van der Waals surface area contributed by atoms with Gasteiger partial charge in [-0.25, -0.2) is 15.0 Å². The van der Waals surface area contributed by atoms with E-state index in [9.17, 15) is 10.1 Å². The minimum absolute atomic E-state index is 0.0716. The molecule has 0 radical (unpaired) electrons. The maximum Gasteiger partial charge on any atom is 0.321 e. The van der Waals surface area contributed by atoms with E-state index in [0.29, 0.717) is 28.6 Å². The number of thiazole rings is 1. The molecule has 0 spiro atoms. The number of nitrogens with zero attached hydrogens (tertiary/aromatic N) is 4. The van der Waals surface area contributed by atoms with Gasteiger partial charge in [-0.05, 0) is 35.3 Å². The van der Waals surface area contributed by atoms with Crippen LogP contribution in [0.1, 0.15) is 0 Å². The molecule has 0 atom stereocenters. The van der Waals surface area contributed by atoms with Gasteiger partial charge in [0, 0.05) is 23.4 Å². The summed E-state index contributed by atoms with van der Waals surface area (Å²) in [6.07, 6.45) is 3.32. The van der Waals surface area contributed by atoms with Gasteiger partial charge in [0.25, 0.3) is 0 Å². The van der Waals surface area contributed by atoms with Crippen LogP contribution in [0.5, 0.6) is 17.2 Å². The van der Waals surface area contributed by atoms with E-state index < -0.39 is 4.92 Å². The van der Waals surface area contributed by atoms with Crippen LogP contribution >= 0.6 is 11.3 Å². The van der Waals surface area contributed by atoms with Crippen LogP contribution in [-0.2, 0) is 0 Å². The highest BCUT2D eigenvalue weighted by atomic mass is 32.1. The molecule has 0 saturated heterocycles. The average Bonchev–Trinajstić information content (AvgIpc) is 3.61. The first kappa shape index (κ1) is 21.5. The molecular formula is C23H19N5O5S. The Kier molecular flexibility index (Phi) is 5.38. The molecule has 0 aliphatic heterocycles. The lowest BCUT2D eigenvalue weighted by atomic mass is 10.2. The number of imidazole rings is 1. The third-order valence-electron chi connectivity index (χ3n) is 5.36. The summed E-state index contributed by atoms with van der Waals surface area (Å²) in [6.45, 7) is 0. The van der Waals surface area contributed by atoms with E-state index in [-0.39, 0.29) is 5.82 Å². The number of nitro groups is 1. The van der Waals surface area contributed by atoms with Crippen molar-refractivity contribution in [3.63, 3.8) is 0 Å². The number of aromatic nitrogens is 4. The van der Waals surface area contributed by atoms with Crippen molar-refractivity contribution in [3.8, 4) is 44.9 Å². The van der Waals surface area contributed by atoms with Crippen molar-refractivity contribution in [1.82, 2.24) is 19.5 Å². The molecule has 0 fully saturated rings. The molecule has 34 heavy (non-hydrogen) atoms. The summed E-state index contributed by atoms with van der Waals surface area (Å²) >= 11 is 1.50. The van der Waals surface area contributed by atoms with Gasteiger partial charge >= 0.3 is 5.82 Å². The normalized spacial score (nSPS) is 11.0. The number of benzene rings is 2. The number of hydrogen-bond donors (Lipinski definition) is 1. The highest BCUT2D eigenvalue weighted by molar-refractivity contribution is 7.22. The quantitative estimate of drug-likeness (QED) is 0.257.